The van der Waals surface area contributed by atoms with Gasteiger partial charge in [0.2, 0.25) is 11.8 Å². The molecule has 4 nitrogen and oxygen atoms in total. The number of carbonyl (C=O) groups is 2. The van der Waals surface area contributed by atoms with E-state index in [0.717, 1.165) is 11.3 Å². The largest absolute Gasteiger partial charge is 0.326 e. The second kappa shape index (κ2) is 7.54. The third-order valence-corrected chi connectivity index (χ3v) is 3.38. The third kappa shape index (κ3) is 4.92. The van der Waals surface area contributed by atoms with E-state index in [2.05, 4.69) is 5.32 Å². The van der Waals surface area contributed by atoms with Gasteiger partial charge < -0.3 is 10.2 Å². The first-order valence-corrected chi connectivity index (χ1v) is 7.36. The van der Waals surface area contributed by atoms with Crippen molar-refractivity contribution in [1.82, 2.24) is 0 Å². The van der Waals surface area contributed by atoms with Crippen LogP contribution in [0, 0.1) is 12.7 Å². The van der Waals surface area contributed by atoms with Crippen molar-refractivity contribution in [3.05, 3.63) is 59.9 Å². The number of benzene rings is 2. The Morgan fingerprint density at radius 3 is 2.43 bits per heavy atom. The fourth-order valence-electron chi connectivity index (χ4n) is 2.25. The van der Waals surface area contributed by atoms with Crippen molar-refractivity contribution in [1.29, 1.82) is 0 Å². The van der Waals surface area contributed by atoms with Crippen LogP contribution >= 0.6 is 0 Å². The van der Waals surface area contributed by atoms with Gasteiger partial charge in [0.15, 0.2) is 0 Å². The molecular weight excluding hydrogens is 295 g/mol. The molecule has 0 bridgehead atoms. The maximum atomic E-state index is 13.0. The molecule has 120 valence electrons. The number of anilines is 2. The van der Waals surface area contributed by atoms with E-state index in [1.54, 1.807) is 0 Å². The Hall–Kier alpha value is -2.69. The second-order valence-corrected chi connectivity index (χ2v) is 5.31. The molecule has 0 atom stereocenters. The van der Waals surface area contributed by atoms with Crippen molar-refractivity contribution in [3.63, 3.8) is 0 Å². The number of halogens is 1. The molecule has 0 fully saturated rings. The summed E-state index contributed by atoms with van der Waals surface area (Å²) in [6.07, 6.45) is 0.158. The topological polar surface area (TPSA) is 49.4 Å². The summed E-state index contributed by atoms with van der Waals surface area (Å²) in [4.78, 5) is 25.2. The monoisotopic (exact) mass is 314 g/mol. The molecule has 0 spiro atoms. The highest BCUT2D eigenvalue weighted by Crippen LogP contribution is 2.16. The lowest BCUT2D eigenvalue weighted by molar-refractivity contribution is -0.117. The number of hydrogen-bond acceptors (Lipinski definition) is 2. The molecule has 0 unspecified atom stereocenters. The maximum Gasteiger partial charge on any atom is 0.226 e. The number of amides is 2. The van der Waals surface area contributed by atoms with Crippen LogP contribution in [-0.2, 0) is 9.59 Å². The molecule has 0 aliphatic heterocycles. The lowest BCUT2D eigenvalue weighted by Gasteiger charge is -2.21. The molecule has 2 rings (SSSR count). The highest BCUT2D eigenvalue weighted by Gasteiger charge is 2.13. The Morgan fingerprint density at radius 2 is 1.83 bits per heavy atom. The first-order chi connectivity index (χ1) is 11.0. The fraction of sp³-hybridized carbons (Fsp3) is 0.222. The minimum absolute atomic E-state index is 0.158. The van der Waals surface area contributed by atoms with Gasteiger partial charge in [0.05, 0.1) is 0 Å². The van der Waals surface area contributed by atoms with Crippen LogP contribution in [0.1, 0.15) is 18.9 Å². The van der Waals surface area contributed by atoms with Crippen LogP contribution in [0.2, 0.25) is 0 Å². The predicted octanol–water partition coefficient (Wildman–Crippen LogP) is 3.52. The fourth-order valence-corrected chi connectivity index (χ4v) is 2.25. The highest BCUT2D eigenvalue weighted by molar-refractivity contribution is 5.94. The lowest BCUT2D eigenvalue weighted by atomic mass is 10.2. The van der Waals surface area contributed by atoms with Crippen LogP contribution < -0.4 is 10.2 Å². The zero-order valence-electron chi connectivity index (χ0n) is 13.2. The highest BCUT2D eigenvalue weighted by atomic mass is 19.1. The molecule has 0 radical (unpaired) electrons. The Balaban J connectivity index is 1.97. The second-order valence-electron chi connectivity index (χ2n) is 5.31. The Kier molecular flexibility index (Phi) is 5.46. The standard InChI is InChI=1S/C18H19FN2O2/c1-13-4-3-5-16(12-13)20-18(23)10-11-21(14(2)22)17-8-6-15(19)7-9-17/h3-9,12H,10-11H2,1-2H3,(H,20,23). The van der Waals surface area contributed by atoms with Crippen LogP contribution in [-0.4, -0.2) is 18.4 Å². The minimum atomic E-state index is -0.366. The first-order valence-electron chi connectivity index (χ1n) is 7.36. The summed E-state index contributed by atoms with van der Waals surface area (Å²) < 4.78 is 13.0. The maximum absolute atomic E-state index is 13.0. The van der Waals surface area contributed by atoms with Crippen LogP contribution in [0.25, 0.3) is 0 Å². The van der Waals surface area contributed by atoms with E-state index in [9.17, 15) is 14.0 Å². The third-order valence-electron chi connectivity index (χ3n) is 3.38. The van der Waals surface area contributed by atoms with Gasteiger partial charge in [0.1, 0.15) is 5.82 Å². The van der Waals surface area contributed by atoms with Gasteiger partial charge in [0.25, 0.3) is 0 Å². The van der Waals surface area contributed by atoms with Gasteiger partial charge in [0, 0.05) is 31.3 Å². The normalized spacial score (nSPS) is 10.2. The average Bonchev–Trinajstić information content (AvgIpc) is 2.49. The van der Waals surface area contributed by atoms with Crippen molar-refractivity contribution in [2.45, 2.75) is 20.3 Å². The molecule has 5 heteroatoms. The molecule has 2 amide bonds. The average molecular weight is 314 g/mol. The van der Waals surface area contributed by atoms with E-state index >= 15 is 0 Å². The SMILES string of the molecule is CC(=O)N(CCC(=O)Nc1cccc(C)c1)c1ccc(F)cc1. The van der Waals surface area contributed by atoms with Gasteiger partial charge in [-0.1, -0.05) is 12.1 Å². The molecule has 1 N–H and O–H groups in total. The van der Waals surface area contributed by atoms with Gasteiger partial charge in [-0.05, 0) is 48.9 Å². The van der Waals surface area contributed by atoms with Crippen molar-refractivity contribution >= 4 is 23.2 Å². The summed E-state index contributed by atoms with van der Waals surface area (Å²) in [6, 6.07) is 13.1. The number of nitrogens with zero attached hydrogens (tertiary/aromatic N) is 1. The molecule has 2 aromatic carbocycles. The van der Waals surface area contributed by atoms with Gasteiger partial charge in [-0.3, -0.25) is 9.59 Å². The van der Waals surface area contributed by atoms with Crippen LogP contribution in [0.3, 0.4) is 0 Å². The van der Waals surface area contributed by atoms with Gasteiger partial charge in [-0.25, -0.2) is 4.39 Å². The number of rotatable bonds is 5. The summed E-state index contributed by atoms with van der Waals surface area (Å²) in [5.74, 6) is -0.738. The van der Waals surface area contributed by atoms with Crippen molar-refractivity contribution in [2.24, 2.45) is 0 Å². The van der Waals surface area contributed by atoms with Crippen molar-refractivity contribution in [2.75, 3.05) is 16.8 Å². The van der Waals surface area contributed by atoms with Gasteiger partial charge in [-0.15, -0.1) is 0 Å². The molecule has 0 saturated heterocycles. The summed E-state index contributed by atoms with van der Waals surface area (Å²) in [7, 11) is 0. The summed E-state index contributed by atoms with van der Waals surface area (Å²) in [5, 5.41) is 2.80. The number of nitrogens with one attached hydrogen (secondary N) is 1. The molecule has 0 aromatic heterocycles. The predicted molar refractivity (Wildman–Crippen MR) is 88.9 cm³/mol. The van der Waals surface area contributed by atoms with Crippen LogP contribution in [0.15, 0.2) is 48.5 Å². The lowest BCUT2D eigenvalue weighted by Crippen LogP contribution is -2.31. The minimum Gasteiger partial charge on any atom is -0.326 e. The van der Waals surface area contributed by atoms with Crippen LogP contribution in [0.4, 0.5) is 15.8 Å². The summed E-state index contributed by atoms with van der Waals surface area (Å²) in [6.45, 7) is 3.60. The van der Waals surface area contributed by atoms with Gasteiger partial charge in [-0.2, -0.15) is 0 Å². The van der Waals surface area contributed by atoms with E-state index < -0.39 is 0 Å². The van der Waals surface area contributed by atoms with Crippen molar-refractivity contribution < 1.29 is 14.0 Å². The van der Waals surface area contributed by atoms with Crippen LogP contribution in [0.5, 0.6) is 0 Å². The molecule has 0 aliphatic carbocycles. The van der Waals surface area contributed by atoms with E-state index in [1.807, 2.05) is 31.2 Å². The van der Waals surface area contributed by atoms with Crippen molar-refractivity contribution in [3.8, 4) is 0 Å². The Labute approximate surface area is 134 Å². The summed E-state index contributed by atoms with van der Waals surface area (Å²) in [5.41, 5.74) is 2.35. The molecule has 0 heterocycles. The first kappa shape index (κ1) is 16.7. The number of aryl methyl sites for hydroxylation is 1. The quantitative estimate of drug-likeness (QED) is 0.918. The molecule has 0 aliphatic rings. The Morgan fingerprint density at radius 1 is 1.13 bits per heavy atom. The summed E-state index contributed by atoms with van der Waals surface area (Å²) >= 11 is 0. The van der Waals surface area contributed by atoms with E-state index in [4.69, 9.17) is 0 Å². The molecule has 2 aromatic rings. The zero-order chi connectivity index (χ0) is 16.8. The number of carbonyl (C=O) groups excluding carboxylic acids is 2. The van der Waals surface area contributed by atoms with E-state index in [0.29, 0.717) is 5.69 Å². The molecule has 0 saturated carbocycles. The zero-order valence-corrected chi connectivity index (χ0v) is 13.2. The number of hydrogen-bond donors (Lipinski definition) is 1. The molecule has 23 heavy (non-hydrogen) atoms. The van der Waals surface area contributed by atoms with Gasteiger partial charge >= 0.3 is 0 Å². The smallest absolute Gasteiger partial charge is 0.226 e. The van der Waals surface area contributed by atoms with E-state index in [-0.39, 0.29) is 30.6 Å². The molecular formula is C18H19FN2O2. The Bertz CT molecular complexity index is 698. The van der Waals surface area contributed by atoms with E-state index in [1.165, 1.54) is 36.1 Å².